The minimum Gasteiger partial charge on any atom is -0.253 e. The fraction of sp³-hybridized carbons (Fsp3) is 0.211. The van der Waals surface area contributed by atoms with Gasteiger partial charge in [-0.2, -0.15) is 0 Å². The molecule has 0 spiro atoms. The van der Waals surface area contributed by atoms with Crippen LogP contribution in [-0.4, -0.2) is 13.1 Å². The highest BCUT2D eigenvalue weighted by atomic mass is 28.3. The Bertz CT molecular complexity index is 786. The molecule has 0 radical (unpaired) electrons. The lowest BCUT2D eigenvalue weighted by atomic mass is 10.00. The molecule has 0 aliphatic rings. The smallest absolute Gasteiger partial charge is 0.0808 e. The molecule has 0 aliphatic heterocycles. The van der Waals surface area contributed by atoms with Crippen LogP contribution in [0.15, 0.2) is 54.6 Å². The van der Waals surface area contributed by atoms with Crippen LogP contribution in [0.5, 0.6) is 0 Å². The molecule has 0 saturated carbocycles. The van der Waals surface area contributed by atoms with Crippen LogP contribution in [0.3, 0.4) is 0 Å². The van der Waals surface area contributed by atoms with Gasteiger partial charge >= 0.3 is 0 Å². The molecular weight excluding hydrogens is 270 g/mol. The minimum atomic E-state index is -1.48. The highest BCUT2D eigenvalue weighted by molar-refractivity contribution is 6.90. The van der Waals surface area contributed by atoms with E-state index >= 15 is 0 Å². The zero-order valence-electron chi connectivity index (χ0n) is 13.1. The van der Waals surface area contributed by atoms with E-state index in [0.717, 1.165) is 5.52 Å². The standard InChI is InChI=1S/C19H21NSi/c1-14-19(21(2,3)4)18(15-10-6-5-7-11-15)16-12-8-9-13-17(16)20-14/h5-13H,1-4H3. The van der Waals surface area contributed by atoms with Crippen molar-refractivity contribution in [2.24, 2.45) is 0 Å². The first-order valence-electron chi connectivity index (χ1n) is 7.44. The number of para-hydroxylation sites is 1. The summed E-state index contributed by atoms with van der Waals surface area (Å²) in [6.07, 6.45) is 0. The molecule has 0 fully saturated rings. The summed E-state index contributed by atoms with van der Waals surface area (Å²) in [7, 11) is -1.48. The molecule has 0 amide bonds. The predicted molar refractivity (Wildman–Crippen MR) is 94.9 cm³/mol. The van der Waals surface area contributed by atoms with Gasteiger partial charge in [-0.25, -0.2) is 0 Å². The molecule has 21 heavy (non-hydrogen) atoms. The third-order valence-corrected chi connectivity index (χ3v) is 6.00. The van der Waals surface area contributed by atoms with Crippen molar-refractivity contribution in [1.29, 1.82) is 0 Å². The largest absolute Gasteiger partial charge is 0.253 e. The second kappa shape index (κ2) is 5.12. The SMILES string of the molecule is Cc1nc2ccccc2c(-c2ccccc2)c1[Si](C)(C)C. The zero-order valence-corrected chi connectivity index (χ0v) is 14.1. The van der Waals surface area contributed by atoms with E-state index in [2.05, 4.69) is 81.2 Å². The molecule has 0 saturated heterocycles. The van der Waals surface area contributed by atoms with Gasteiger partial charge in [-0.1, -0.05) is 68.2 Å². The molecule has 1 heterocycles. The molecule has 0 atom stereocenters. The lowest BCUT2D eigenvalue weighted by Gasteiger charge is -2.25. The molecule has 0 aliphatic carbocycles. The Morgan fingerprint density at radius 1 is 0.810 bits per heavy atom. The summed E-state index contributed by atoms with van der Waals surface area (Å²) in [4.78, 5) is 4.86. The number of benzene rings is 2. The molecule has 3 rings (SSSR count). The van der Waals surface area contributed by atoms with Crippen molar-refractivity contribution < 1.29 is 0 Å². The first-order chi connectivity index (χ1) is 9.98. The number of aryl methyl sites for hydroxylation is 1. The van der Waals surface area contributed by atoms with Crippen molar-refractivity contribution in [3.63, 3.8) is 0 Å². The van der Waals surface area contributed by atoms with Crippen LogP contribution in [0.2, 0.25) is 19.6 Å². The van der Waals surface area contributed by atoms with Crippen molar-refractivity contribution >= 4 is 24.2 Å². The molecule has 106 valence electrons. The lowest BCUT2D eigenvalue weighted by molar-refractivity contribution is 1.27. The van der Waals surface area contributed by atoms with Gasteiger partial charge in [0.1, 0.15) is 0 Å². The number of hydrogen-bond donors (Lipinski definition) is 0. The van der Waals surface area contributed by atoms with Crippen LogP contribution in [0.4, 0.5) is 0 Å². The summed E-state index contributed by atoms with van der Waals surface area (Å²) in [6.45, 7) is 9.36. The molecule has 2 heteroatoms. The van der Waals surface area contributed by atoms with Crippen LogP contribution in [0.25, 0.3) is 22.0 Å². The first-order valence-corrected chi connectivity index (χ1v) is 10.9. The maximum atomic E-state index is 4.86. The molecule has 0 bridgehead atoms. The van der Waals surface area contributed by atoms with E-state index in [1.54, 1.807) is 0 Å². The van der Waals surface area contributed by atoms with Gasteiger partial charge in [-0.3, -0.25) is 4.98 Å². The Morgan fingerprint density at radius 2 is 1.43 bits per heavy atom. The molecule has 2 aromatic carbocycles. The molecule has 1 nitrogen and oxygen atoms in total. The average molecular weight is 291 g/mol. The summed E-state index contributed by atoms with van der Waals surface area (Å²) < 4.78 is 0. The van der Waals surface area contributed by atoms with Gasteiger partial charge in [0.25, 0.3) is 0 Å². The van der Waals surface area contributed by atoms with E-state index in [9.17, 15) is 0 Å². The van der Waals surface area contributed by atoms with Crippen molar-refractivity contribution in [3.8, 4) is 11.1 Å². The van der Waals surface area contributed by atoms with Gasteiger partial charge in [-0.05, 0) is 29.3 Å². The Labute approximate surface area is 127 Å². The van der Waals surface area contributed by atoms with E-state index in [0.29, 0.717) is 0 Å². The van der Waals surface area contributed by atoms with Crippen molar-refractivity contribution in [2.75, 3.05) is 0 Å². The van der Waals surface area contributed by atoms with Crippen LogP contribution < -0.4 is 5.19 Å². The van der Waals surface area contributed by atoms with Crippen LogP contribution in [0.1, 0.15) is 5.69 Å². The Morgan fingerprint density at radius 3 is 2.10 bits per heavy atom. The minimum absolute atomic E-state index is 1.09. The van der Waals surface area contributed by atoms with Crippen LogP contribution in [0, 0.1) is 6.92 Å². The molecular formula is C19H21NSi. The Hall–Kier alpha value is -1.93. The number of pyridine rings is 1. The first kappa shape index (κ1) is 14.0. The van der Waals surface area contributed by atoms with E-state index in [4.69, 9.17) is 4.98 Å². The van der Waals surface area contributed by atoms with E-state index in [1.807, 2.05) is 0 Å². The zero-order chi connectivity index (χ0) is 15.0. The third-order valence-electron chi connectivity index (χ3n) is 3.89. The fourth-order valence-electron chi connectivity index (χ4n) is 3.16. The van der Waals surface area contributed by atoms with Crippen molar-refractivity contribution in [1.82, 2.24) is 4.98 Å². The van der Waals surface area contributed by atoms with Gasteiger partial charge in [0.2, 0.25) is 0 Å². The molecule has 1 aromatic heterocycles. The quantitative estimate of drug-likeness (QED) is 0.621. The van der Waals surface area contributed by atoms with Crippen LogP contribution >= 0.6 is 0 Å². The lowest BCUT2D eigenvalue weighted by Crippen LogP contribution is -2.41. The Balaban J connectivity index is 2.48. The Kier molecular flexibility index (Phi) is 3.42. The van der Waals surface area contributed by atoms with Gasteiger partial charge < -0.3 is 0 Å². The van der Waals surface area contributed by atoms with Crippen LogP contribution in [-0.2, 0) is 0 Å². The fourth-order valence-corrected chi connectivity index (χ4v) is 5.33. The number of hydrogen-bond acceptors (Lipinski definition) is 1. The topological polar surface area (TPSA) is 12.9 Å². The molecule has 0 unspecified atom stereocenters. The predicted octanol–water partition coefficient (Wildman–Crippen LogP) is 4.76. The second-order valence-corrected chi connectivity index (χ2v) is 11.6. The highest BCUT2D eigenvalue weighted by Gasteiger charge is 2.25. The summed E-state index contributed by atoms with van der Waals surface area (Å²) >= 11 is 0. The monoisotopic (exact) mass is 291 g/mol. The normalized spacial score (nSPS) is 11.8. The number of rotatable bonds is 2. The summed E-state index contributed by atoms with van der Waals surface area (Å²) in [6, 6.07) is 19.2. The number of nitrogens with zero attached hydrogens (tertiary/aromatic N) is 1. The van der Waals surface area contributed by atoms with Gasteiger partial charge in [0.05, 0.1) is 13.6 Å². The number of fused-ring (bicyclic) bond motifs is 1. The van der Waals surface area contributed by atoms with Gasteiger partial charge in [0.15, 0.2) is 0 Å². The maximum Gasteiger partial charge on any atom is 0.0808 e. The average Bonchev–Trinajstić information content (AvgIpc) is 2.45. The van der Waals surface area contributed by atoms with Gasteiger partial charge in [-0.15, -0.1) is 0 Å². The summed E-state index contributed by atoms with van der Waals surface area (Å²) in [5.74, 6) is 0. The van der Waals surface area contributed by atoms with E-state index in [-0.39, 0.29) is 0 Å². The maximum absolute atomic E-state index is 4.86. The molecule has 3 aromatic rings. The summed E-state index contributed by atoms with van der Waals surface area (Å²) in [5.41, 5.74) is 4.97. The van der Waals surface area contributed by atoms with Crippen molar-refractivity contribution in [3.05, 3.63) is 60.3 Å². The van der Waals surface area contributed by atoms with Crippen molar-refractivity contribution in [2.45, 2.75) is 26.6 Å². The second-order valence-electron chi connectivity index (χ2n) is 6.58. The highest BCUT2D eigenvalue weighted by Crippen LogP contribution is 2.29. The van der Waals surface area contributed by atoms with Gasteiger partial charge in [0, 0.05) is 11.1 Å². The molecule has 0 N–H and O–H groups in total. The summed E-state index contributed by atoms with van der Waals surface area (Å²) in [5, 5.41) is 2.75. The third kappa shape index (κ3) is 2.51. The van der Waals surface area contributed by atoms with E-state index in [1.165, 1.54) is 27.4 Å². The number of aromatic nitrogens is 1. The van der Waals surface area contributed by atoms with E-state index < -0.39 is 8.07 Å².